The van der Waals surface area contributed by atoms with Gasteiger partial charge in [-0.05, 0) is 20.3 Å². The highest BCUT2D eigenvalue weighted by atomic mass is 32.1. The number of nitrogens with one attached hydrogen (secondary N) is 2. The number of fused-ring (bicyclic) bond motifs is 1. The van der Waals surface area contributed by atoms with Crippen molar-refractivity contribution in [2.45, 2.75) is 126 Å². The molecule has 2 fully saturated rings. The molecule has 0 saturated carbocycles. The third kappa shape index (κ3) is 8.31. The molecule has 3 aliphatic heterocycles. The molecule has 3 aliphatic rings. The lowest BCUT2D eigenvalue weighted by Gasteiger charge is -2.48. The van der Waals surface area contributed by atoms with Gasteiger partial charge in [-0.2, -0.15) is 0 Å². The molecule has 1 aromatic heterocycles. The zero-order valence-corrected chi connectivity index (χ0v) is 27.5. The number of rotatable bonds is 13. The van der Waals surface area contributed by atoms with Gasteiger partial charge in [-0.1, -0.05) is 37.8 Å². The first kappa shape index (κ1) is 37.2. The molecule has 0 aliphatic carbocycles. The summed E-state index contributed by atoms with van der Waals surface area (Å²) in [5.41, 5.74) is 0.309. The van der Waals surface area contributed by atoms with E-state index < -0.39 is 92.8 Å². The Morgan fingerprint density at radius 3 is 2.09 bits per heavy atom. The van der Waals surface area contributed by atoms with Gasteiger partial charge in [0, 0.05) is 11.2 Å². The van der Waals surface area contributed by atoms with Gasteiger partial charge in [0.25, 0.3) is 0 Å². The molecule has 18 heteroatoms. The van der Waals surface area contributed by atoms with Gasteiger partial charge in [-0.25, -0.2) is 4.52 Å². The van der Waals surface area contributed by atoms with Crippen LogP contribution in [0.3, 0.4) is 0 Å². The van der Waals surface area contributed by atoms with E-state index in [0.717, 1.165) is 19.3 Å². The first-order chi connectivity index (χ1) is 21.9. The molecule has 0 bridgehead atoms. The zero-order valence-electron chi connectivity index (χ0n) is 25.9. The highest BCUT2D eigenvalue weighted by molar-refractivity contribution is 7.80. The summed E-state index contributed by atoms with van der Waals surface area (Å²) < 4.78 is 36.9. The second kappa shape index (κ2) is 16.6. The maximum atomic E-state index is 11.5. The largest absolute Gasteiger partial charge is 0.433 e. The molecule has 1 aromatic rings. The van der Waals surface area contributed by atoms with E-state index in [1.165, 1.54) is 11.0 Å². The average Bonchev–Trinajstić information content (AvgIpc) is 3.42. The molecule has 13 atom stereocenters. The Kier molecular flexibility index (Phi) is 13.4. The monoisotopic (exact) mass is 696 g/mol. The van der Waals surface area contributed by atoms with E-state index in [-0.39, 0.29) is 22.5 Å². The minimum atomic E-state index is -1.48. The van der Waals surface area contributed by atoms with Crippen molar-refractivity contribution in [3.05, 3.63) is 11.8 Å². The fourth-order valence-electron chi connectivity index (χ4n) is 5.78. The summed E-state index contributed by atoms with van der Waals surface area (Å²) in [6.07, 6.45) is -10.4. The third-order valence-electron chi connectivity index (χ3n) is 8.22. The molecule has 16 nitrogen and oxygen atoms in total. The molecular formula is C28H46N3O13S2+. The summed E-state index contributed by atoms with van der Waals surface area (Å²) in [6.45, 7) is 4.12. The second-order valence-corrected chi connectivity index (χ2v) is 12.9. The standard InChI is InChI=1S/C28H45N3O13S2/c1-4-5-6-7-31-26-14(10-40-31)20(34)22(36)17(41-26)11-39-27-19(30-13(3)46)24(38)25(16(9-33)43-27)44-28-18(29-12(2)45)23(37)21(35)15(8-32)42-28/h10,15-25,27-28,32-38H,4-9,11H2,1-3H3,(H-,29,30,45,46)/p+1/t15?,16?,17?,18?,19-,20-,21-,22-,23-,24?,25+,27?,28+/m1/s1. The summed E-state index contributed by atoms with van der Waals surface area (Å²) in [5.74, 6) is 0.272. The van der Waals surface area contributed by atoms with Gasteiger partial charge in [-0.15, -0.1) is 0 Å². The molecule has 0 radical (unpaired) electrons. The number of unbranched alkanes of at least 4 members (excludes halogenated alkanes) is 2. The van der Waals surface area contributed by atoms with Crippen molar-refractivity contribution < 1.29 is 68.7 Å². The van der Waals surface area contributed by atoms with E-state index in [9.17, 15) is 35.7 Å². The van der Waals surface area contributed by atoms with Gasteiger partial charge in [0.2, 0.25) is 0 Å². The topological polar surface area (TPSA) is 229 Å². The van der Waals surface area contributed by atoms with Crippen molar-refractivity contribution in [2.24, 2.45) is 0 Å². The Bertz CT molecular complexity index is 1160. The van der Waals surface area contributed by atoms with E-state index in [2.05, 4.69) is 17.6 Å². The number of aliphatic hydroxyl groups is 7. The maximum Gasteiger partial charge on any atom is 0.421 e. The molecular weight excluding hydrogens is 650 g/mol. The van der Waals surface area contributed by atoms with Crippen LogP contribution in [0.25, 0.3) is 0 Å². The van der Waals surface area contributed by atoms with Gasteiger partial charge in [0.05, 0.1) is 29.8 Å². The number of aryl methyl sites for hydroxylation is 1. The molecule has 0 aromatic carbocycles. The van der Waals surface area contributed by atoms with Crippen molar-refractivity contribution in [1.82, 2.24) is 10.6 Å². The van der Waals surface area contributed by atoms with E-state index in [0.29, 0.717) is 12.1 Å². The summed E-state index contributed by atoms with van der Waals surface area (Å²) >= 11 is 10.3. The summed E-state index contributed by atoms with van der Waals surface area (Å²) in [6, 6.07) is -2.19. The predicted molar refractivity (Wildman–Crippen MR) is 165 cm³/mol. The Labute approximate surface area is 277 Å². The summed E-state index contributed by atoms with van der Waals surface area (Å²) in [7, 11) is 0. The Morgan fingerprint density at radius 2 is 1.48 bits per heavy atom. The van der Waals surface area contributed by atoms with Crippen LogP contribution in [0.2, 0.25) is 0 Å². The Morgan fingerprint density at radius 1 is 0.848 bits per heavy atom. The lowest BCUT2D eigenvalue weighted by Crippen LogP contribution is -2.69. The molecule has 6 unspecified atom stereocenters. The van der Waals surface area contributed by atoms with Crippen LogP contribution in [-0.2, 0) is 25.5 Å². The zero-order chi connectivity index (χ0) is 33.7. The van der Waals surface area contributed by atoms with Gasteiger partial charge in [0.15, 0.2) is 31.5 Å². The van der Waals surface area contributed by atoms with E-state index in [1.54, 1.807) is 13.8 Å². The number of thiocarbonyl (C=S) groups is 2. The third-order valence-corrected chi connectivity index (χ3v) is 8.46. The second-order valence-electron chi connectivity index (χ2n) is 11.7. The summed E-state index contributed by atoms with van der Waals surface area (Å²) in [5, 5.41) is 80.0. The molecule has 46 heavy (non-hydrogen) atoms. The fourth-order valence-corrected chi connectivity index (χ4v) is 6.05. The van der Waals surface area contributed by atoms with Gasteiger partial charge in [0.1, 0.15) is 66.5 Å². The van der Waals surface area contributed by atoms with Crippen LogP contribution in [-0.4, -0.2) is 139 Å². The van der Waals surface area contributed by atoms with Crippen LogP contribution >= 0.6 is 24.4 Å². The highest BCUT2D eigenvalue weighted by Crippen LogP contribution is 2.35. The number of hydrogen-bond donors (Lipinski definition) is 9. The quantitative estimate of drug-likeness (QED) is 0.0587. The maximum absolute atomic E-state index is 11.5. The molecule has 4 heterocycles. The SMILES string of the molecule is CCCCC[n+]1occ2c1OC(COC1OC(CO)[C@H](O[C@@H]3OC(CO)[C@@H](O)[C@H](O)C3NC(C)=S)C(O)[C@H]1NC(C)=S)[C@@H](O)[C@@H]2O. The molecule has 4 rings (SSSR count). The number of aromatic nitrogens is 1. The first-order valence-corrected chi connectivity index (χ1v) is 16.2. The number of nitrogens with zero attached hydrogens (tertiary/aromatic N) is 1. The molecule has 0 spiro atoms. The number of hydrogen-bond acceptors (Lipinski definition) is 15. The van der Waals surface area contributed by atoms with Crippen molar-refractivity contribution in [3.8, 4) is 5.88 Å². The fraction of sp³-hybridized carbons (Fsp3) is 0.821. The van der Waals surface area contributed by atoms with E-state index in [4.69, 9.17) is 52.6 Å². The van der Waals surface area contributed by atoms with E-state index >= 15 is 0 Å². The first-order valence-electron chi connectivity index (χ1n) is 15.3. The normalized spacial score (nSPS) is 37.7. The van der Waals surface area contributed by atoms with Crippen LogP contribution in [0.1, 0.15) is 51.7 Å². The Hall–Kier alpha value is -1.65. The highest BCUT2D eigenvalue weighted by Gasteiger charge is 2.52. The van der Waals surface area contributed by atoms with Crippen LogP contribution in [0.5, 0.6) is 5.88 Å². The minimum Gasteiger partial charge on any atom is -0.433 e. The minimum absolute atomic E-state index is 0.255. The molecule has 262 valence electrons. The van der Waals surface area contributed by atoms with Crippen LogP contribution < -0.4 is 20.1 Å². The van der Waals surface area contributed by atoms with Crippen LogP contribution in [0.15, 0.2) is 10.8 Å². The van der Waals surface area contributed by atoms with Crippen molar-refractivity contribution >= 4 is 34.4 Å². The molecule has 9 N–H and O–H groups in total. The van der Waals surface area contributed by atoms with Crippen LogP contribution in [0.4, 0.5) is 0 Å². The Balaban J connectivity index is 1.50. The predicted octanol–water partition coefficient (Wildman–Crippen LogP) is -2.56. The van der Waals surface area contributed by atoms with Crippen molar-refractivity contribution in [1.29, 1.82) is 0 Å². The lowest BCUT2D eigenvalue weighted by molar-refractivity contribution is -0.866. The van der Waals surface area contributed by atoms with Crippen LogP contribution in [0, 0.1) is 0 Å². The average molecular weight is 697 g/mol. The van der Waals surface area contributed by atoms with Crippen molar-refractivity contribution in [3.63, 3.8) is 0 Å². The van der Waals surface area contributed by atoms with Gasteiger partial charge in [-0.3, -0.25) is 0 Å². The number of ether oxygens (including phenoxy) is 5. The number of aliphatic hydroxyl groups excluding tert-OH is 7. The molecule has 0 amide bonds. The summed E-state index contributed by atoms with van der Waals surface area (Å²) in [4.78, 5) is 0.525. The lowest BCUT2D eigenvalue weighted by atomic mass is 9.94. The van der Waals surface area contributed by atoms with Gasteiger partial charge >= 0.3 is 5.88 Å². The molecule has 2 saturated heterocycles. The van der Waals surface area contributed by atoms with Crippen molar-refractivity contribution in [2.75, 3.05) is 19.8 Å². The smallest absolute Gasteiger partial charge is 0.421 e. The van der Waals surface area contributed by atoms with Gasteiger partial charge < -0.3 is 70.1 Å². The van der Waals surface area contributed by atoms with E-state index in [1.807, 2.05) is 0 Å².